The lowest BCUT2D eigenvalue weighted by molar-refractivity contribution is 0.439. The van der Waals surface area contributed by atoms with Crippen molar-refractivity contribution < 1.29 is 5.11 Å². The summed E-state index contributed by atoms with van der Waals surface area (Å²) in [5, 5.41) is 13.2. The van der Waals surface area contributed by atoms with Crippen LogP contribution in [0.4, 0.5) is 5.82 Å². The molecule has 0 amide bonds. The molecule has 0 aliphatic rings. The summed E-state index contributed by atoms with van der Waals surface area (Å²) in [5.41, 5.74) is 1.81. The summed E-state index contributed by atoms with van der Waals surface area (Å²) in [6, 6.07) is 3.88. The minimum atomic E-state index is 0.0520. The Morgan fingerprint density at radius 2 is 2.11 bits per heavy atom. The third-order valence-electron chi connectivity index (χ3n) is 2.80. The van der Waals surface area contributed by atoms with E-state index in [0.717, 1.165) is 11.1 Å². The Morgan fingerprint density at radius 1 is 1.32 bits per heavy atom. The van der Waals surface area contributed by atoms with Gasteiger partial charge in [0.1, 0.15) is 11.6 Å². The highest BCUT2D eigenvalue weighted by Gasteiger charge is 2.15. The maximum Gasteiger partial charge on any atom is 0.219 e. The van der Waals surface area contributed by atoms with E-state index in [2.05, 4.69) is 20.3 Å². The van der Waals surface area contributed by atoms with Gasteiger partial charge in [0.25, 0.3) is 0 Å². The Hall–Kier alpha value is -2.17. The molecular formula is C14H18N4O. The van der Waals surface area contributed by atoms with Crippen molar-refractivity contribution in [3.8, 4) is 5.88 Å². The van der Waals surface area contributed by atoms with E-state index in [9.17, 15) is 5.11 Å². The first-order chi connectivity index (χ1) is 9.08. The van der Waals surface area contributed by atoms with Crippen LogP contribution in [0.5, 0.6) is 5.88 Å². The molecule has 0 aliphatic carbocycles. The zero-order valence-corrected chi connectivity index (χ0v) is 11.4. The minimum absolute atomic E-state index is 0.0520. The lowest BCUT2D eigenvalue weighted by Gasteiger charge is -2.15. The third-order valence-corrected chi connectivity index (χ3v) is 2.80. The number of hydrogen-bond acceptors (Lipinski definition) is 5. The van der Waals surface area contributed by atoms with Gasteiger partial charge >= 0.3 is 0 Å². The van der Waals surface area contributed by atoms with Crippen LogP contribution < -0.4 is 5.32 Å². The Labute approximate surface area is 112 Å². The molecule has 5 heteroatoms. The summed E-state index contributed by atoms with van der Waals surface area (Å²) in [6.45, 7) is 6.38. The van der Waals surface area contributed by atoms with Crippen molar-refractivity contribution in [2.75, 3.05) is 5.32 Å². The standard InChI is InChI=1S/C14H18N4O/c1-9(2)12-13(17-10(3)18-14(12)19)16-8-11-5-4-6-15-7-11/h4-7,9H,8H2,1-3H3,(H2,16,17,18,19). The molecule has 100 valence electrons. The number of aromatic hydroxyl groups is 1. The van der Waals surface area contributed by atoms with Crippen LogP contribution in [-0.4, -0.2) is 20.1 Å². The van der Waals surface area contributed by atoms with Gasteiger partial charge in [0.05, 0.1) is 5.56 Å². The summed E-state index contributed by atoms with van der Waals surface area (Å²) in [4.78, 5) is 12.4. The van der Waals surface area contributed by atoms with Crippen molar-refractivity contribution in [1.29, 1.82) is 0 Å². The molecule has 0 atom stereocenters. The SMILES string of the molecule is Cc1nc(O)c(C(C)C)c(NCc2cccnc2)n1. The van der Waals surface area contributed by atoms with Gasteiger partial charge < -0.3 is 10.4 Å². The number of anilines is 1. The van der Waals surface area contributed by atoms with Crippen LogP contribution in [-0.2, 0) is 6.54 Å². The fourth-order valence-corrected chi connectivity index (χ4v) is 1.92. The van der Waals surface area contributed by atoms with Crippen LogP contribution in [0.15, 0.2) is 24.5 Å². The normalized spacial score (nSPS) is 10.7. The van der Waals surface area contributed by atoms with Crippen LogP contribution in [0.1, 0.15) is 36.7 Å². The number of pyridine rings is 1. The monoisotopic (exact) mass is 258 g/mol. The summed E-state index contributed by atoms with van der Waals surface area (Å²) in [7, 11) is 0. The molecular weight excluding hydrogens is 240 g/mol. The highest BCUT2D eigenvalue weighted by Crippen LogP contribution is 2.29. The predicted octanol–water partition coefficient (Wildman–Crippen LogP) is 2.62. The van der Waals surface area contributed by atoms with Gasteiger partial charge in [0.2, 0.25) is 5.88 Å². The molecule has 5 nitrogen and oxygen atoms in total. The topological polar surface area (TPSA) is 70.9 Å². The van der Waals surface area contributed by atoms with Gasteiger partial charge in [-0.3, -0.25) is 4.98 Å². The van der Waals surface area contributed by atoms with Crippen molar-refractivity contribution in [3.05, 3.63) is 41.5 Å². The molecule has 0 saturated carbocycles. The van der Waals surface area contributed by atoms with E-state index in [1.165, 1.54) is 0 Å². The van der Waals surface area contributed by atoms with Gasteiger partial charge in [0.15, 0.2) is 0 Å². The molecule has 0 spiro atoms. The van der Waals surface area contributed by atoms with Crippen molar-refractivity contribution in [2.45, 2.75) is 33.2 Å². The van der Waals surface area contributed by atoms with Crippen molar-refractivity contribution in [2.24, 2.45) is 0 Å². The van der Waals surface area contributed by atoms with Crippen LogP contribution in [0.2, 0.25) is 0 Å². The number of aromatic nitrogens is 3. The highest BCUT2D eigenvalue weighted by molar-refractivity contribution is 5.51. The molecule has 0 radical (unpaired) electrons. The summed E-state index contributed by atoms with van der Waals surface area (Å²) >= 11 is 0. The van der Waals surface area contributed by atoms with E-state index in [4.69, 9.17) is 0 Å². The zero-order chi connectivity index (χ0) is 13.8. The first-order valence-corrected chi connectivity index (χ1v) is 6.28. The Morgan fingerprint density at radius 3 is 2.74 bits per heavy atom. The molecule has 0 unspecified atom stereocenters. The van der Waals surface area contributed by atoms with Gasteiger partial charge in [0, 0.05) is 18.9 Å². The Balaban J connectivity index is 2.24. The molecule has 2 heterocycles. The summed E-state index contributed by atoms with van der Waals surface area (Å²) in [6.07, 6.45) is 3.54. The van der Waals surface area contributed by atoms with Gasteiger partial charge in [-0.2, -0.15) is 4.98 Å². The second-order valence-electron chi connectivity index (χ2n) is 4.73. The number of hydrogen-bond donors (Lipinski definition) is 2. The second-order valence-corrected chi connectivity index (χ2v) is 4.73. The largest absolute Gasteiger partial charge is 0.493 e. The highest BCUT2D eigenvalue weighted by atomic mass is 16.3. The second kappa shape index (κ2) is 5.65. The zero-order valence-electron chi connectivity index (χ0n) is 11.4. The van der Waals surface area contributed by atoms with Crippen molar-refractivity contribution in [1.82, 2.24) is 15.0 Å². The first kappa shape index (κ1) is 13.3. The lowest BCUT2D eigenvalue weighted by Crippen LogP contribution is -2.08. The number of aryl methyl sites for hydroxylation is 1. The van der Waals surface area contributed by atoms with Crippen LogP contribution in [0, 0.1) is 6.92 Å². The van der Waals surface area contributed by atoms with E-state index < -0.39 is 0 Å². The van der Waals surface area contributed by atoms with Gasteiger partial charge in [-0.15, -0.1) is 0 Å². The maximum absolute atomic E-state index is 9.94. The van der Waals surface area contributed by atoms with Crippen molar-refractivity contribution in [3.63, 3.8) is 0 Å². The van der Waals surface area contributed by atoms with E-state index in [1.807, 2.05) is 26.0 Å². The Kier molecular flexibility index (Phi) is 3.94. The molecule has 19 heavy (non-hydrogen) atoms. The molecule has 2 aromatic heterocycles. The van der Waals surface area contributed by atoms with Crippen LogP contribution in [0.25, 0.3) is 0 Å². The van der Waals surface area contributed by atoms with E-state index in [-0.39, 0.29) is 11.8 Å². The van der Waals surface area contributed by atoms with Gasteiger partial charge in [-0.05, 0) is 24.5 Å². The van der Waals surface area contributed by atoms with Crippen LogP contribution >= 0.6 is 0 Å². The summed E-state index contributed by atoms with van der Waals surface area (Å²) in [5.74, 6) is 1.44. The molecule has 2 rings (SSSR count). The molecule has 0 aliphatic heterocycles. The van der Waals surface area contributed by atoms with E-state index >= 15 is 0 Å². The molecule has 2 N–H and O–H groups in total. The van der Waals surface area contributed by atoms with Gasteiger partial charge in [-0.25, -0.2) is 4.98 Å². The molecule has 0 fully saturated rings. The predicted molar refractivity (Wildman–Crippen MR) is 74.1 cm³/mol. The fourth-order valence-electron chi connectivity index (χ4n) is 1.92. The Bertz CT molecular complexity index is 555. The molecule has 0 saturated heterocycles. The van der Waals surface area contributed by atoms with Crippen molar-refractivity contribution >= 4 is 5.82 Å². The summed E-state index contributed by atoms with van der Waals surface area (Å²) < 4.78 is 0. The minimum Gasteiger partial charge on any atom is -0.493 e. The third kappa shape index (κ3) is 3.19. The first-order valence-electron chi connectivity index (χ1n) is 6.28. The smallest absolute Gasteiger partial charge is 0.219 e. The average molecular weight is 258 g/mol. The number of rotatable bonds is 4. The molecule has 2 aromatic rings. The average Bonchev–Trinajstić information content (AvgIpc) is 2.36. The van der Waals surface area contributed by atoms with E-state index in [1.54, 1.807) is 19.3 Å². The van der Waals surface area contributed by atoms with Gasteiger partial charge in [-0.1, -0.05) is 19.9 Å². The quantitative estimate of drug-likeness (QED) is 0.882. The molecule has 0 aromatic carbocycles. The van der Waals surface area contributed by atoms with E-state index in [0.29, 0.717) is 18.2 Å². The maximum atomic E-state index is 9.94. The number of nitrogens with one attached hydrogen (secondary N) is 1. The van der Waals surface area contributed by atoms with Crippen LogP contribution in [0.3, 0.4) is 0 Å². The molecule has 0 bridgehead atoms. The fraction of sp³-hybridized carbons (Fsp3) is 0.357. The lowest BCUT2D eigenvalue weighted by atomic mass is 10.1. The number of nitrogens with zero attached hydrogens (tertiary/aromatic N) is 3.